The molecule has 0 bridgehead atoms. The molecule has 0 atom stereocenters. The van der Waals surface area contributed by atoms with Crippen molar-refractivity contribution in [3.8, 4) is 9.94 Å². The zero-order valence-electron chi connectivity index (χ0n) is 9.78. The van der Waals surface area contributed by atoms with Gasteiger partial charge in [-0.25, -0.2) is 0 Å². The Kier molecular flexibility index (Phi) is 15.0. The molecule has 0 aromatic rings. The minimum absolute atomic E-state index is 0.239. The van der Waals surface area contributed by atoms with E-state index >= 15 is 0 Å². The maximum absolute atomic E-state index is 8.39. The van der Waals surface area contributed by atoms with E-state index in [9.17, 15) is 0 Å². The van der Waals surface area contributed by atoms with Gasteiger partial charge in [0.1, 0.15) is 0 Å². The first kappa shape index (κ1) is 16.0. The van der Waals surface area contributed by atoms with Crippen molar-refractivity contribution in [2.24, 2.45) is 0 Å². The Balaban J connectivity index is 2.89. The molecule has 0 aliphatic heterocycles. The van der Waals surface area contributed by atoms with Gasteiger partial charge in [-0.3, -0.25) is 0 Å². The van der Waals surface area contributed by atoms with Crippen LogP contribution in [0.4, 0.5) is 0 Å². The Morgan fingerprint density at radius 1 is 0.562 bits per heavy atom. The fourth-order valence-corrected chi connectivity index (χ4v) is 3.35. The third-order valence-electron chi connectivity index (χ3n) is 2.37. The molecule has 0 aromatic carbocycles. The van der Waals surface area contributed by atoms with E-state index in [1.165, 1.54) is 51.4 Å². The summed E-state index contributed by atoms with van der Waals surface area (Å²) in [4.78, 5) is 4.49. The molecule has 16 heavy (non-hydrogen) atoms. The van der Waals surface area contributed by atoms with Gasteiger partial charge in [0.15, 0.2) is 0 Å². The maximum atomic E-state index is 8.39. The van der Waals surface area contributed by atoms with Crippen LogP contribution in [0, 0.1) is 20.5 Å². The summed E-state index contributed by atoms with van der Waals surface area (Å²) in [6.45, 7) is 0. The molecule has 0 aliphatic carbocycles. The van der Waals surface area contributed by atoms with E-state index in [0.717, 1.165) is 10.6 Å². The van der Waals surface area contributed by atoms with Crippen LogP contribution in [-0.4, -0.2) is 29.9 Å². The molecule has 0 saturated carbocycles. The van der Waals surface area contributed by atoms with Crippen LogP contribution in [-0.2, 0) is 0 Å². The van der Waals surface area contributed by atoms with Crippen molar-refractivity contribution in [2.75, 3.05) is 0 Å². The molecule has 4 heteroatoms. The third-order valence-corrected chi connectivity index (χ3v) is 4.98. The van der Waals surface area contributed by atoms with E-state index in [-0.39, 0.29) is 29.9 Å². The Labute approximate surface area is 112 Å². The van der Waals surface area contributed by atoms with Gasteiger partial charge in [0, 0.05) is 0 Å². The van der Waals surface area contributed by atoms with Crippen LogP contribution in [0.25, 0.3) is 0 Å². The van der Waals surface area contributed by atoms with Crippen molar-refractivity contribution in [1.82, 2.24) is 0 Å². The average molecular weight is 350 g/mol. The van der Waals surface area contributed by atoms with E-state index < -0.39 is 0 Å². The molecule has 0 aromatic heterocycles. The molecule has 0 fully saturated rings. The molecule has 0 spiro atoms. The van der Waals surface area contributed by atoms with Crippen LogP contribution in [0.3, 0.4) is 0 Å². The summed E-state index contributed by atoms with van der Waals surface area (Å²) in [7, 11) is 0. The number of nitrogens with zero attached hydrogens (tertiary/aromatic N) is 2. The Bertz CT molecular complexity index is 194. The first-order chi connectivity index (χ1) is 7.91. The molecule has 2 nitrogen and oxygen atoms in total. The van der Waals surface area contributed by atoms with Gasteiger partial charge >= 0.3 is 112 Å². The molecule has 0 heterocycles. The van der Waals surface area contributed by atoms with Crippen LogP contribution in [0.15, 0.2) is 0 Å². The number of nitriles is 2. The Morgan fingerprint density at radius 3 is 1.19 bits per heavy atom. The second-order valence-corrected chi connectivity index (χ2v) is 7.40. The zero-order chi connectivity index (χ0) is 11.9. The average Bonchev–Trinajstić information content (AvgIpc) is 2.31. The molecule has 90 valence electrons. The van der Waals surface area contributed by atoms with Crippen LogP contribution >= 0.6 is 0 Å². The van der Waals surface area contributed by atoms with Crippen molar-refractivity contribution in [2.45, 2.75) is 62.0 Å². The van der Waals surface area contributed by atoms with Crippen molar-refractivity contribution >= 4 is 29.9 Å². The molecular weight excluding hydrogens is 330 g/mol. The summed E-state index contributed by atoms with van der Waals surface area (Å²) in [5, 5.41) is 19.1. The zero-order valence-corrected chi connectivity index (χ0v) is 13.2. The number of unbranched alkanes of at least 4 members (excludes halogenated alkanes) is 7. The third kappa shape index (κ3) is 14.0. The summed E-state index contributed by atoms with van der Waals surface area (Å²) in [5.74, 6) is 0. The Hall–Kier alpha value is 0.0190. The Morgan fingerprint density at radius 2 is 0.875 bits per heavy atom. The summed E-state index contributed by atoms with van der Waals surface area (Å²) in [6, 6.07) is 0. The molecule has 0 saturated heterocycles. The second kappa shape index (κ2) is 15.0. The van der Waals surface area contributed by atoms with E-state index in [4.69, 9.17) is 10.5 Å². The number of hydrogen-bond acceptors (Lipinski definition) is 2. The monoisotopic (exact) mass is 352 g/mol. The van der Waals surface area contributed by atoms with Crippen molar-refractivity contribution < 1.29 is 0 Å². The summed E-state index contributed by atoms with van der Waals surface area (Å²) in [6.07, 6.45) is 10.5. The van der Waals surface area contributed by atoms with Crippen LogP contribution in [0.1, 0.15) is 51.4 Å². The van der Waals surface area contributed by atoms with Gasteiger partial charge in [0.2, 0.25) is 0 Å². The molecule has 0 N–H and O–H groups in total. The minimum atomic E-state index is 0.239. The first-order valence-corrected chi connectivity index (χ1v) is 10.1. The van der Waals surface area contributed by atoms with Gasteiger partial charge in [0.25, 0.3) is 0 Å². The topological polar surface area (TPSA) is 47.6 Å². The summed E-state index contributed by atoms with van der Waals surface area (Å²) in [5.41, 5.74) is 0. The molecule has 0 radical (unpaired) electrons. The van der Waals surface area contributed by atoms with Crippen LogP contribution < -0.4 is 0 Å². The number of rotatable bonds is 11. The summed E-state index contributed by atoms with van der Waals surface area (Å²) >= 11 is 0.477. The van der Waals surface area contributed by atoms with Crippen LogP contribution in [0.5, 0.6) is 0 Å². The van der Waals surface area contributed by atoms with Crippen LogP contribution in [0.2, 0.25) is 10.6 Å². The molecule has 0 unspecified atom stereocenters. The van der Waals surface area contributed by atoms with E-state index in [0.29, 0.717) is 0 Å². The van der Waals surface area contributed by atoms with Gasteiger partial charge in [-0.1, -0.05) is 0 Å². The molecular formula is C12H20N2Se2. The predicted octanol–water partition coefficient (Wildman–Crippen LogP) is 3.31. The standard InChI is InChI=1S/C12H20N2Se2/c13-11-15-9-7-5-3-1-2-4-6-8-10-16-12-14/h1-10H2. The normalized spacial score (nSPS) is 9.62. The van der Waals surface area contributed by atoms with Gasteiger partial charge in [0.05, 0.1) is 0 Å². The molecule has 0 aliphatic rings. The van der Waals surface area contributed by atoms with Crippen molar-refractivity contribution in [3.63, 3.8) is 0 Å². The SMILES string of the molecule is N#C[Se]CCCCCCCCCC[Se]C#N. The summed E-state index contributed by atoms with van der Waals surface area (Å²) < 4.78 is 0. The second-order valence-electron chi connectivity index (χ2n) is 3.71. The van der Waals surface area contributed by atoms with Gasteiger partial charge < -0.3 is 0 Å². The fraction of sp³-hybridized carbons (Fsp3) is 0.833. The quantitative estimate of drug-likeness (QED) is 0.424. The fourth-order valence-electron chi connectivity index (χ4n) is 1.50. The number of hydrogen-bond donors (Lipinski definition) is 0. The van der Waals surface area contributed by atoms with E-state index in [2.05, 4.69) is 9.94 Å². The van der Waals surface area contributed by atoms with E-state index in [1.54, 1.807) is 0 Å². The first-order valence-electron chi connectivity index (χ1n) is 5.93. The van der Waals surface area contributed by atoms with Gasteiger partial charge in [-0.2, -0.15) is 0 Å². The van der Waals surface area contributed by atoms with E-state index in [1.807, 2.05) is 0 Å². The van der Waals surface area contributed by atoms with Gasteiger partial charge in [-0.15, -0.1) is 0 Å². The molecule has 0 rings (SSSR count). The molecule has 0 amide bonds. The van der Waals surface area contributed by atoms with Gasteiger partial charge in [-0.05, 0) is 0 Å². The van der Waals surface area contributed by atoms with Crippen molar-refractivity contribution in [3.05, 3.63) is 0 Å². The predicted molar refractivity (Wildman–Crippen MR) is 69.3 cm³/mol. The van der Waals surface area contributed by atoms with Crippen molar-refractivity contribution in [1.29, 1.82) is 10.5 Å².